The molecule has 0 saturated heterocycles. The Bertz CT molecular complexity index is 1540. The number of fused-ring (bicyclic) bond motifs is 1. The van der Waals surface area contributed by atoms with Crippen molar-refractivity contribution in [1.29, 1.82) is 0 Å². The number of hydrogen-bond donors (Lipinski definition) is 1. The van der Waals surface area contributed by atoms with Crippen molar-refractivity contribution in [2.75, 3.05) is 5.32 Å². The highest BCUT2D eigenvalue weighted by molar-refractivity contribution is 6.35. The van der Waals surface area contributed by atoms with Gasteiger partial charge in [-0.05, 0) is 78.6 Å². The maximum atomic E-state index is 12.8. The minimum absolute atomic E-state index is 0.154. The summed E-state index contributed by atoms with van der Waals surface area (Å²) in [6.45, 7) is 4.36. The molecule has 2 heterocycles. The quantitative estimate of drug-likeness (QED) is 0.250. The Hall–Kier alpha value is -3.54. The molecule has 5 rings (SSSR count). The van der Waals surface area contributed by atoms with Crippen molar-refractivity contribution in [3.63, 3.8) is 0 Å². The van der Waals surface area contributed by atoms with Crippen molar-refractivity contribution in [3.8, 4) is 22.8 Å². The Labute approximate surface area is 212 Å². The molecular formula is C28H22Cl2N2O3. The second-order valence-corrected chi connectivity index (χ2v) is 9.22. The van der Waals surface area contributed by atoms with Gasteiger partial charge in [0.25, 0.3) is 5.91 Å². The van der Waals surface area contributed by atoms with Crippen molar-refractivity contribution < 1.29 is 13.6 Å². The Morgan fingerprint density at radius 1 is 1.00 bits per heavy atom. The maximum Gasteiger partial charge on any atom is 0.291 e. The smallest absolute Gasteiger partial charge is 0.291 e. The van der Waals surface area contributed by atoms with Crippen molar-refractivity contribution in [2.45, 2.75) is 26.2 Å². The summed E-state index contributed by atoms with van der Waals surface area (Å²) in [4.78, 5) is 17.5. The predicted molar refractivity (Wildman–Crippen MR) is 140 cm³/mol. The highest BCUT2D eigenvalue weighted by Crippen LogP contribution is 2.32. The number of carbonyl (C=O) groups is 1. The lowest BCUT2D eigenvalue weighted by Crippen LogP contribution is -2.10. The first kappa shape index (κ1) is 23.2. The summed E-state index contributed by atoms with van der Waals surface area (Å²) in [5.41, 5.74) is 4.74. The fraction of sp³-hybridized carbons (Fsp3) is 0.143. The number of amides is 1. The molecule has 0 aliphatic heterocycles. The van der Waals surface area contributed by atoms with Gasteiger partial charge < -0.3 is 14.2 Å². The molecule has 0 aliphatic rings. The standard InChI is InChI=1S/C28H22Cl2N2O3/c1-3-16(2)17-7-10-25-23(14-17)32-28(35-25)18-5-4-6-20(13-18)31-27(33)26-12-11-24(34-26)21-15-19(29)8-9-22(21)30/h4-16H,3H2,1-2H3,(H,31,33)/t16-/m1/s1. The average Bonchev–Trinajstić information content (AvgIpc) is 3.52. The van der Waals surface area contributed by atoms with Crippen LogP contribution in [0.25, 0.3) is 33.9 Å². The first-order chi connectivity index (χ1) is 16.9. The summed E-state index contributed by atoms with van der Waals surface area (Å²) in [6, 6.07) is 21.8. The number of nitrogens with zero attached hydrogens (tertiary/aromatic N) is 1. The van der Waals surface area contributed by atoms with E-state index in [9.17, 15) is 4.79 Å². The minimum atomic E-state index is -0.387. The summed E-state index contributed by atoms with van der Waals surface area (Å²) < 4.78 is 11.7. The highest BCUT2D eigenvalue weighted by Gasteiger charge is 2.16. The van der Waals surface area contributed by atoms with Crippen molar-refractivity contribution >= 4 is 45.9 Å². The molecule has 0 radical (unpaired) electrons. The molecule has 0 fully saturated rings. The lowest BCUT2D eigenvalue weighted by Gasteiger charge is -2.07. The number of hydrogen-bond acceptors (Lipinski definition) is 4. The first-order valence-electron chi connectivity index (χ1n) is 11.3. The molecule has 0 unspecified atom stereocenters. The lowest BCUT2D eigenvalue weighted by atomic mass is 9.98. The Morgan fingerprint density at radius 3 is 2.69 bits per heavy atom. The summed E-state index contributed by atoms with van der Waals surface area (Å²) in [5, 5.41) is 3.87. The van der Waals surface area contributed by atoms with Gasteiger partial charge in [-0.1, -0.05) is 49.2 Å². The Balaban J connectivity index is 1.37. The van der Waals surface area contributed by atoms with Crippen LogP contribution in [0.4, 0.5) is 5.69 Å². The number of carbonyl (C=O) groups excluding carboxylic acids is 1. The molecule has 0 bridgehead atoms. The number of nitrogens with one attached hydrogen (secondary N) is 1. The van der Waals surface area contributed by atoms with E-state index in [2.05, 4.69) is 36.3 Å². The van der Waals surface area contributed by atoms with Crippen molar-refractivity contribution in [3.05, 3.63) is 94.2 Å². The molecule has 35 heavy (non-hydrogen) atoms. The number of aromatic nitrogens is 1. The number of oxazole rings is 1. The molecular weight excluding hydrogens is 483 g/mol. The summed E-state index contributed by atoms with van der Waals surface area (Å²) in [5.74, 6) is 1.17. The SMILES string of the molecule is CC[C@@H](C)c1ccc2oc(-c3cccc(NC(=O)c4ccc(-c5cc(Cl)ccc5Cl)o4)c3)nc2c1. The topological polar surface area (TPSA) is 68.3 Å². The van der Waals surface area contributed by atoms with Crippen molar-refractivity contribution in [1.82, 2.24) is 4.98 Å². The van der Waals surface area contributed by atoms with E-state index in [1.54, 1.807) is 36.4 Å². The number of anilines is 1. The zero-order valence-corrected chi connectivity index (χ0v) is 20.7. The van der Waals surface area contributed by atoms with Crippen molar-refractivity contribution in [2.24, 2.45) is 0 Å². The van der Waals surface area contributed by atoms with Gasteiger partial charge in [-0.25, -0.2) is 4.98 Å². The van der Waals surface area contributed by atoms with Crippen LogP contribution in [0.15, 0.2) is 81.6 Å². The van der Waals surface area contributed by atoms with E-state index in [4.69, 9.17) is 32.0 Å². The summed E-state index contributed by atoms with van der Waals surface area (Å²) >= 11 is 12.3. The largest absolute Gasteiger partial charge is 0.451 e. The molecule has 2 aromatic heterocycles. The van der Waals surface area contributed by atoms with Crippen LogP contribution in [0, 0.1) is 0 Å². The third-order valence-electron chi connectivity index (χ3n) is 5.98. The lowest BCUT2D eigenvalue weighted by molar-refractivity contribution is 0.0997. The van der Waals surface area contributed by atoms with Crippen LogP contribution in [0.3, 0.4) is 0 Å². The van der Waals surface area contributed by atoms with Gasteiger partial charge >= 0.3 is 0 Å². The van der Waals surface area contributed by atoms with Gasteiger partial charge in [-0.15, -0.1) is 0 Å². The molecule has 1 N–H and O–H groups in total. The molecule has 3 aromatic carbocycles. The van der Waals surface area contributed by atoms with Crippen LogP contribution in [-0.4, -0.2) is 10.9 Å². The van der Waals surface area contributed by atoms with E-state index >= 15 is 0 Å². The normalized spacial score (nSPS) is 12.1. The molecule has 5 nitrogen and oxygen atoms in total. The number of benzene rings is 3. The first-order valence-corrected chi connectivity index (χ1v) is 12.0. The van der Waals surface area contributed by atoms with Gasteiger partial charge in [-0.3, -0.25) is 4.79 Å². The van der Waals surface area contributed by atoms with Crippen LogP contribution in [-0.2, 0) is 0 Å². The maximum absolute atomic E-state index is 12.8. The van der Waals surface area contributed by atoms with E-state index in [0.29, 0.717) is 38.9 Å². The van der Waals surface area contributed by atoms with Crippen LogP contribution in [0.5, 0.6) is 0 Å². The van der Waals surface area contributed by atoms with Gasteiger partial charge in [0.2, 0.25) is 5.89 Å². The molecule has 1 amide bonds. The molecule has 0 spiro atoms. The molecule has 176 valence electrons. The summed E-state index contributed by atoms with van der Waals surface area (Å²) in [7, 11) is 0. The monoisotopic (exact) mass is 504 g/mol. The zero-order chi connectivity index (χ0) is 24.5. The highest BCUT2D eigenvalue weighted by atomic mass is 35.5. The third-order valence-corrected chi connectivity index (χ3v) is 6.55. The van der Waals surface area contributed by atoms with Crippen LogP contribution in [0.2, 0.25) is 10.0 Å². The predicted octanol–water partition coefficient (Wildman–Crippen LogP) is 8.83. The second kappa shape index (κ2) is 9.61. The van der Waals surface area contributed by atoms with E-state index in [1.807, 2.05) is 24.3 Å². The second-order valence-electron chi connectivity index (χ2n) is 8.38. The fourth-order valence-electron chi connectivity index (χ4n) is 3.82. The summed E-state index contributed by atoms with van der Waals surface area (Å²) in [6.07, 6.45) is 1.06. The van der Waals surface area contributed by atoms with E-state index in [1.165, 1.54) is 5.56 Å². The van der Waals surface area contributed by atoms with Gasteiger partial charge in [0.05, 0.1) is 5.02 Å². The molecule has 1 atom stereocenters. The van der Waals surface area contributed by atoms with Gasteiger partial charge in [0.1, 0.15) is 11.3 Å². The van der Waals surface area contributed by atoms with Crippen LogP contribution < -0.4 is 5.32 Å². The van der Waals surface area contributed by atoms with Gasteiger partial charge in [-0.2, -0.15) is 0 Å². The Kier molecular flexibility index (Phi) is 6.37. The molecule has 7 heteroatoms. The minimum Gasteiger partial charge on any atom is -0.451 e. The van der Waals surface area contributed by atoms with E-state index in [0.717, 1.165) is 23.1 Å². The van der Waals surface area contributed by atoms with Gasteiger partial charge in [0, 0.05) is 21.8 Å². The molecule has 0 aliphatic carbocycles. The zero-order valence-electron chi connectivity index (χ0n) is 19.1. The van der Waals surface area contributed by atoms with E-state index in [-0.39, 0.29) is 11.7 Å². The third kappa shape index (κ3) is 4.83. The number of halogens is 2. The number of rotatable bonds is 6. The van der Waals surface area contributed by atoms with E-state index < -0.39 is 0 Å². The average molecular weight is 505 g/mol. The molecule has 0 saturated carbocycles. The fourth-order valence-corrected chi connectivity index (χ4v) is 4.21. The van der Waals surface area contributed by atoms with Crippen LogP contribution in [0.1, 0.15) is 42.3 Å². The molecule has 5 aromatic rings. The number of furan rings is 1. The van der Waals surface area contributed by atoms with Crippen LogP contribution >= 0.6 is 23.2 Å². The van der Waals surface area contributed by atoms with Gasteiger partial charge in [0.15, 0.2) is 11.3 Å². The Morgan fingerprint density at radius 2 is 1.86 bits per heavy atom.